The molecule has 1 unspecified atom stereocenters. The van der Waals surface area contributed by atoms with Crippen LogP contribution in [0.4, 0.5) is 0 Å². The fraction of sp³-hybridized carbons (Fsp3) is 0.500. The van der Waals surface area contributed by atoms with Crippen molar-refractivity contribution in [2.75, 3.05) is 0 Å². The zero-order valence-corrected chi connectivity index (χ0v) is 11.2. The third kappa shape index (κ3) is 5.62. The molecular weight excluding hydrogens is 227 g/mol. The van der Waals surface area contributed by atoms with Crippen molar-refractivity contribution in [2.45, 2.75) is 12.5 Å². The van der Waals surface area contributed by atoms with E-state index < -0.39 is 12.0 Å². The summed E-state index contributed by atoms with van der Waals surface area (Å²) in [5, 5.41) is 8.02. The van der Waals surface area contributed by atoms with Crippen LogP contribution in [0.15, 0.2) is 0 Å². The van der Waals surface area contributed by atoms with Crippen LogP contribution in [0.25, 0.3) is 0 Å². The van der Waals surface area contributed by atoms with Gasteiger partial charge >= 0.3 is 74.9 Å². The molecule has 0 aliphatic heterocycles. The molecule has 3 nitrogen and oxygen atoms in total. The van der Waals surface area contributed by atoms with E-state index in [2.05, 4.69) is 6.92 Å². The number of aliphatic carboxylic acids is 1. The Morgan fingerprint density at radius 1 is 1.88 bits per heavy atom. The first-order chi connectivity index (χ1) is 3.18. The van der Waals surface area contributed by atoms with Crippen molar-refractivity contribution in [1.29, 1.82) is 0 Å². The molecule has 0 spiro atoms. The normalized spacial score (nSPS) is 11.8. The van der Waals surface area contributed by atoms with Crippen LogP contribution in [0.5, 0.6) is 0 Å². The van der Waals surface area contributed by atoms with E-state index in [4.69, 9.17) is 10.8 Å². The van der Waals surface area contributed by atoms with Gasteiger partial charge in [0.1, 0.15) is 0 Å². The van der Waals surface area contributed by atoms with Gasteiger partial charge in [-0.2, -0.15) is 6.42 Å². The van der Waals surface area contributed by atoms with Crippen molar-refractivity contribution in [3.63, 3.8) is 0 Å². The third-order valence-electron chi connectivity index (χ3n) is 0.628. The molecule has 0 aliphatic carbocycles. The summed E-state index contributed by atoms with van der Waals surface area (Å²) in [4.78, 5) is 9.77. The van der Waals surface area contributed by atoms with E-state index in [0.717, 1.165) is 0 Å². The number of hydrogen-bond donors (Lipinski definition) is 2. The molecule has 0 amide bonds. The smallest absolute Gasteiger partial charge is 0.480 e. The summed E-state index contributed by atoms with van der Waals surface area (Å²) >= 11 is 0. The maximum absolute atomic E-state index is 9.77. The Balaban J connectivity index is 0. The van der Waals surface area contributed by atoms with Crippen molar-refractivity contribution >= 4 is 5.97 Å². The first kappa shape index (κ1) is 12.2. The number of hydrogen-bond acceptors (Lipinski definition) is 2. The van der Waals surface area contributed by atoms with E-state index in [1.807, 2.05) is 0 Å². The Hall–Kier alpha value is 1.48. The van der Waals surface area contributed by atoms with Crippen molar-refractivity contribution in [1.82, 2.24) is 0 Å². The van der Waals surface area contributed by atoms with Gasteiger partial charge in [-0.1, -0.05) is 0 Å². The molecule has 4 heteroatoms. The molecule has 0 rings (SSSR count). The SMILES string of the molecule is [CH2-]CC(N)C(=O)O.[Cs+]. The van der Waals surface area contributed by atoms with Crippen molar-refractivity contribution < 1.29 is 78.8 Å². The van der Waals surface area contributed by atoms with Crippen molar-refractivity contribution in [3.8, 4) is 0 Å². The molecule has 0 aromatic carbocycles. The largest absolute Gasteiger partial charge is 1.00 e. The Bertz CT molecular complexity index is 76.4. The summed E-state index contributed by atoms with van der Waals surface area (Å²) in [6.07, 6.45) is 0.245. The van der Waals surface area contributed by atoms with Gasteiger partial charge in [-0.15, -0.1) is 0 Å². The molecule has 0 bridgehead atoms. The van der Waals surface area contributed by atoms with Crippen LogP contribution in [0.1, 0.15) is 6.42 Å². The number of rotatable bonds is 2. The maximum Gasteiger partial charge on any atom is 1.00 e. The van der Waals surface area contributed by atoms with Gasteiger partial charge in [0.25, 0.3) is 0 Å². The standard InChI is InChI=1S/C4H8NO2.Cs/c1-2-3(5)4(6)7;/h3H,1-2,5H2,(H,6,7);/q-1;+1. The van der Waals surface area contributed by atoms with E-state index in [1.54, 1.807) is 0 Å². The van der Waals surface area contributed by atoms with E-state index in [0.29, 0.717) is 0 Å². The Morgan fingerprint density at radius 3 is 2.25 bits per heavy atom. The van der Waals surface area contributed by atoms with Gasteiger partial charge in [0.05, 0.1) is 6.04 Å². The minimum Gasteiger partial charge on any atom is -0.480 e. The summed E-state index contributed by atoms with van der Waals surface area (Å²) in [6.45, 7) is 3.30. The van der Waals surface area contributed by atoms with Gasteiger partial charge in [-0.05, 0) is 0 Å². The molecule has 8 heavy (non-hydrogen) atoms. The minimum atomic E-state index is -0.991. The van der Waals surface area contributed by atoms with Gasteiger partial charge in [-0.3, -0.25) is 4.79 Å². The van der Waals surface area contributed by atoms with Crippen LogP contribution in [-0.2, 0) is 4.79 Å². The van der Waals surface area contributed by atoms with E-state index in [-0.39, 0.29) is 75.3 Å². The molecule has 0 radical (unpaired) electrons. The van der Waals surface area contributed by atoms with Crippen LogP contribution in [-0.4, -0.2) is 17.1 Å². The summed E-state index contributed by atoms with van der Waals surface area (Å²) < 4.78 is 0. The minimum absolute atomic E-state index is 0. The molecule has 3 N–H and O–H groups in total. The van der Waals surface area contributed by atoms with Gasteiger partial charge in [0.2, 0.25) is 0 Å². The molecule has 0 aliphatic rings. The second-order valence-electron chi connectivity index (χ2n) is 1.23. The number of carboxylic acids is 1. The summed E-state index contributed by atoms with van der Waals surface area (Å²) in [6, 6.07) is -0.792. The van der Waals surface area contributed by atoms with Gasteiger partial charge in [0, 0.05) is 0 Å². The zero-order valence-electron chi connectivity index (χ0n) is 4.92. The molecule has 0 saturated heterocycles. The predicted molar refractivity (Wildman–Crippen MR) is 25.6 cm³/mol. The van der Waals surface area contributed by atoms with Crippen LogP contribution >= 0.6 is 0 Å². The van der Waals surface area contributed by atoms with Gasteiger partial charge in [0.15, 0.2) is 0 Å². The molecule has 42 valence electrons. The fourth-order valence-electron chi connectivity index (χ4n) is 0.123. The third-order valence-corrected chi connectivity index (χ3v) is 0.628. The van der Waals surface area contributed by atoms with Gasteiger partial charge < -0.3 is 17.8 Å². The molecule has 0 fully saturated rings. The summed E-state index contributed by atoms with van der Waals surface area (Å²) in [5.41, 5.74) is 4.95. The average molecular weight is 235 g/mol. The van der Waals surface area contributed by atoms with Crippen LogP contribution in [0.3, 0.4) is 0 Å². The maximum atomic E-state index is 9.77. The first-order valence-electron chi connectivity index (χ1n) is 1.96. The molecule has 0 saturated carbocycles. The average Bonchev–Trinajstić information content (AvgIpc) is 1.65. The second-order valence-corrected chi connectivity index (χ2v) is 1.23. The molecule has 1 atom stereocenters. The number of carbonyl (C=O) groups is 1. The van der Waals surface area contributed by atoms with E-state index >= 15 is 0 Å². The Labute approximate surface area is 107 Å². The molecule has 0 heterocycles. The monoisotopic (exact) mass is 235 g/mol. The van der Waals surface area contributed by atoms with Crippen LogP contribution in [0.2, 0.25) is 0 Å². The Kier molecular flexibility index (Phi) is 10.1. The fourth-order valence-corrected chi connectivity index (χ4v) is 0.123. The van der Waals surface area contributed by atoms with E-state index in [1.165, 1.54) is 0 Å². The van der Waals surface area contributed by atoms with Gasteiger partial charge in [-0.25, -0.2) is 0 Å². The molecule has 0 aromatic heterocycles. The van der Waals surface area contributed by atoms with Crippen molar-refractivity contribution in [2.24, 2.45) is 5.73 Å². The van der Waals surface area contributed by atoms with Crippen molar-refractivity contribution in [3.05, 3.63) is 6.92 Å². The Morgan fingerprint density at radius 2 is 2.25 bits per heavy atom. The summed E-state index contributed by atoms with van der Waals surface area (Å²) in [7, 11) is 0. The van der Waals surface area contributed by atoms with Crippen LogP contribution in [0, 0.1) is 6.92 Å². The number of carboxylic acid groups (broad SMARTS) is 1. The first-order valence-corrected chi connectivity index (χ1v) is 1.96. The second kappa shape index (κ2) is 6.60. The summed E-state index contributed by atoms with van der Waals surface area (Å²) in [5.74, 6) is -0.991. The molecule has 0 aromatic rings. The topological polar surface area (TPSA) is 63.3 Å². The quantitative estimate of drug-likeness (QED) is 0.491. The van der Waals surface area contributed by atoms with E-state index in [9.17, 15) is 4.79 Å². The zero-order chi connectivity index (χ0) is 5.86. The molecular formula is C4H8CsNO2. The van der Waals surface area contributed by atoms with Crippen LogP contribution < -0.4 is 74.6 Å². The predicted octanol–water partition coefficient (Wildman–Crippen LogP) is -3.37. The number of nitrogens with two attached hydrogens (primary N) is 1.